The van der Waals surface area contributed by atoms with Crippen LogP contribution in [0.2, 0.25) is 0 Å². The van der Waals surface area contributed by atoms with Crippen molar-refractivity contribution in [3.63, 3.8) is 0 Å². The molecule has 1 aromatic heterocycles. The topological polar surface area (TPSA) is 78.5 Å². The van der Waals surface area contributed by atoms with Crippen molar-refractivity contribution in [3.05, 3.63) is 30.6 Å². The lowest BCUT2D eigenvalue weighted by Gasteiger charge is -1.72. The molecule has 1 aromatic rings. The molecule has 2 N–H and O–H groups in total. The standard InChI is InChI=1S/C5H5ClN.H2O4S/c6-7-4-2-1-3-5-7;1-5(2,3)4/h1-5H;(H2,1,2,3,4)/q+1;. The van der Waals surface area contributed by atoms with Gasteiger partial charge in [0, 0.05) is 12.1 Å². The molecule has 1 heterocycles. The van der Waals surface area contributed by atoms with Crippen LogP contribution in [0.25, 0.3) is 0 Å². The highest BCUT2D eigenvalue weighted by molar-refractivity contribution is 7.79. The van der Waals surface area contributed by atoms with E-state index in [-0.39, 0.29) is 0 Å². The van der Waals surface area contributed by atoms with Gasteiger partial charge >= 0.3 is 10.4 Å². The van der Waals surface area contributed by atoms with Crippen LogP contribution in [-0.4, -0.2) is 17.5 Å². The highest BCUT2D eigenvalue weighted by atomic mass is 35.5. The van der Waals surface area contributed by atoms with Crippen molar-refractivity contribution in [2.45, 2.75) is 0 Å². The molecule has 0 unspecified atom stereocenters. The minimum Gasteiger partial charge on any atom is -0.264 e. The van der Waals surface area contributed by atoms with Crippen LogP contribution in [0.1, 0.15) is 0 Å². The number of aromatic nitrogens is 1. The van der Waals surface area contributed by atoms with Gasteiger partial charge in [0.15, 0.2) is 12.4 Å². The Morgan fingerprint density at radius 2 is 1.42 bits per heavy atom. The number of halogens is 1. The lowest BCUT2D eigenvalue weighted by atomic mass is 10.5. The summed E-state index contributed by atoms with van der Waals surface area (Å²) in [5.41, 5.74) is 0. The predicted molar refractivity (Wildman–Crippen MR) is 42.1 cm³/mol. The Hall–Kier alpha value is -0.690. The zero-order chi connectivity index (χ0) is 9.61. The van der Waals surface area contributed by atoms with E-state index in [0.717, 1.165) is 0 Å². The Morgan fingerprint density at radius 1 is 1.08 bits per heavy atom. The summed E-state index contributed by atoms with van der Waals surface area (Å²) in [5, 5.41) is 0. The van der Waals surface area contributed by atoms with E-state index in [0.29, 0.717) is 0 Å². The van der Waals surface area contributed by atoms with Crippen LogP contribution in [-0.2, 0) is 10.4 Å². The molecule has 0 amide bonds. The summed E-state index contributed by atoms with van der Waals surface area (Å²) >= 11 is 5.46. The molecule has 12 heavy (non-hydrogen) atoms. The molecule has 68 valence electrons. The molecule has 5 nitrogen and oxygen atoms in total. The first-order valence-electron chi connectivity index (χ1n) is 2.72. The first-order valence-corrected chi connectivity index (χ1v) is 4.45. The molecule has 7 heteroatoms. The molecule has 0 fully saturated rings. The van der Waals surface area contributed by atoms with Crippen LogP contribution in [0.5, 0.6) is 0 Å². The molecule has 0 saturated heterocycles. The van der Waals surface area contributed by atoms with Gasteiger partial charge in [-0.1, -0.05) is 10.2 Å². The van der Waals surface area contributed by atoms with E-state index in [1.54, 1.807) is 12.4 Å². The van der Waals surface area contributed by atoms with Crippen LogP contribution in [0.3, 0.4) is 0 Å². The Balaban J connectivity index is 0.000000217. The summed E-state index contributed by atoms with van der Waals surface area (Å²) in [6, 6.07) is 5.65. The molecule has 0 radical (unpaired) electrons. The van der Waals surface area contributed by atoms with Crippen molar-refractivity contribution in [1.29, 1.82) is 0 Å². The minimum absolute atomic E-state index is 1.47. The summed E-state index contributed by atoms with van der Waals surface area (Å²) in [6.07, 6.45) is 3.53. The van der Waals surface area contributed by atoms with Crippen molar-refractivity contribution in [2.75, 3.05) is 0 Å². The molecule has 0 bridgehead atoms. The fourth-order valence-electron chi connectivity index (χ4n) is 0.378. The summed E-state index contributed by atoms with van der Waals surface area (Å²) in [4.78, 5) is 0. The van der Waals surface area contributed by atoms with Crippen LogP contribution in [0, 0.1) is 0 Å². The van der Waals surface area contributed by atoms with Crippen molar-refractivity contribution >= 4 is 22.2 Å². The Morgan fingerprint density at radius 3 is 1.58 bits per heavy atom. The van der Waals surface area contributed by atoms with Crippen LogP contribution in [0.4, 0.5) is 0 Å². The van der Waals surface area contributed by atoms with Gasteiger partial charge in [-0.25, -0.2) is 0 Å². The zero-order valence-electron chi connectivity index (χ0n) is 5.83. The highest BCUT2D eigenvalue weighted by Crippen LogP contribution is 1.75. The van der Waals surface area contributed by atoms with Gasteiger partial charge in [0.1, 0.15) is 0 Å². The van der Waals surface area contributed by atoms with Crippen LogP contribution in [0.15, 0.2) is 30.6 Å². The molecule has 1 rings (SSSR count). The third kappa shape index (κ3) is 12.0. The highest BCUT2D eigenvalue weighted by Gasteiger charge is 1.85. The second kappa shape index (κ2) is 5.04. The number of hydrogen-bond donors (Lipinski definition) is 2. The van der Waals surface area contributed by atoms with Crippen molar-refractivity contribution in [3.8, 4) is 0 Å². The average Bonchev–Trinajstić information content (AvgIpc) is 1.85. The van der Waals surface area contributed by atoms with Crippen molar-refractivity contribution < 1.29 is 21.6 Å². The minimum atomic E-state index is -4.67. The van der Waals surface area contributed by atoms with Crippen molar-refractivity contribution in [2.24, 2.45) is 0 Å². The van der Waals surface area contributed by atoms with Crippen LogP contribution < -0.4 is 4.09 Å². The van der Waals surface area contributed by atoms with Gasteiger partial charge in [-0.15, -0.1) is 0 Å². The lowest BCUT2D eigenvalue weighted by molar-refractivity contribution is -0.519. The van der Waals surface area contributed by atoms with Gasteiger partial charge in [0.05, 0.1) is 0 Å². The Labute approximate surface area is 74.9 Å². The van der Waals surface area contributed by atoms with Gasteiger partial charge in [0.25, 0.3) is 11.8 Å². The van der Waals surface area contributed by atoms with Gasteiger partial charge < -0.3 is 0 Å². The van der Waals surface area contributed by atoms with Crippen molar-refractivity contribution in [1.82, 2.24) is 0 Å². The molecule has 0 aliphatic heterocycles. The van der Waals surface area contributed by atoms with E-state index in [1.807, 2.05) is 18.2 Å². The van der Waals surface area contributed by atoms with Gasteiger partial charge in [0.2, 0.25) is 0 Å². The summed E-state index contributed by atoms with van der Waals surface area (Å²) in [6.45, 7) is 0. The van der Waals surface area contributed by atoms with E-state index in [1.165, 1.54) is 4.09 Å². The summed E-state index contributed by atoms with van der Waals surface area (Å²) < 4.78 is 33.1. The third-order valence-corrected chi connectivity index (χ3v) is 0.905. The van der Waals surface area contributed by atoms with Gasteiger partial charge in [-0.3, -0.25) is 9.11 Å². The Bertz CT molecular complexity index is 303. The average molecular weight is 213 g/mol. The molecule has 0 aliphatic carbocycles. The maximum absolute atomic E-state index is 8.74. The zero-order valence-corrected chi connectivity index (χ0v) is 7.40. The first kappa shape index (κ1) is 11.3. The predicted octanol–water partition coefficient (Wildman–Crippen LogP) is 0.323. The molecular formula is C5H7ClNO4S+. The van der Waals surface area contributed by atoms with E-state index < -0.39 is 10.4 Å². The maximum Gasteiger partial charge on any atom is 0.394 e. The fraction of sp³-hybridized carbons (Fsp3) is 0. The monoisotopic (exact) mass is 212 g/mol. The quantitative estimate of drug-likeness (QED) is 0.608. The molecule has 0 spiro atoms. The summed E-state index contributed by atoms with van der Waals surface area (Å²) in [7, 11) is -4.67. The Kier molecular flexibility index (Phi) is 4.75. The molecule has 0 aliphatic rings. The lowest BCUT2D eigenvalue weighted by Crippen LogP contribution is -2.16. The maximum atomic E-state index is 8.74. The number of pyridine rings is 1. The van der Waals surface area contributed by atoms with E-state index in [2.05, 4.69) is 0 Å². The summed E-state index contributed by atoms with van der Waals surface area (Å²) in [5.74, 6) is 0. The molecule has 0 atom stereocenters. The largest absolute Gasteiger partial charge is 0.394 e. The second-order valence-corrected chi connectivity index (χ2v) is 2.95. The number of nitrogens with zero attached hydrogens (tertiary/aromatic N) is 1. The number of hydrogen-bond acceptors (Lipinski definition) is 2. The van der Waals surface area contributed by atoms with E-state index in [4.69, 9.17) is 29.3 Å². The first-order chi connectivity index (χ1) is 5.39. The SMILES string of the molecule is Cl[n+]1ccccc1.O=S(=O)(O)O. The van der Waals surface area contributed by atoms with Gasteiger partial charge in [-0.2, -0.15) is 8.42 Å². The van der Waals surface area contributed by atoms with Gasteiger partial charge in [-0.05, 0) is 0 Å². The fourth-order valence-corrected chi connectivity index (χ4v) is 0.508. The molecular weight excluding hydrogens is 206 g/mol. The normalized spacial score (nSPS) is 9.92. The number of rotatable bonds is 0. The smallest absolute Gasteiger partial charge is 0.264 e. The van der Waals surface area contributed by atoms with E-state index >= 15 is 0 Å². The van der Waals surface area contributed by atoms with Crippen LogP contribution >= 0.6 is 11.8 Å². The molecule has 0 saturated carbocycles. The third-order valence-electron chi connectivity index (χ3n) is 0.679. The van der Waals surface area contributed by atoms with E-state index in [9.17, 15) is 0 Å². The molecule has 0 aromatic carbocycles. The second-order valence-electron chi connectivity index (χ2n) is 1.67.